The van der Waals surface area contributed by atoms with E-state index in [0.29, 0.717) is 23.8 Å². The van der Waals surface area contributed by atoms with Gasteiger partial charge in [-0.05, 0) is 47.7 Å². The van der Waals surface area contributed by atoms with Gasteiger partial charge in [-0.15, -0.1) is 0 Å². The second kappa shape index (κ2) is 10.4. The van der Waals surface area contributed by atoms with E-state index in [4.69, 9.17) is 14.3 Å². The quantitative estimate of drug-likeness (QED) is 0.206. The molecule has 4 aromatic carbocycles. The average Bonchev–Trinajstić information content (AvgIpc) is 3.49. The van der Waals surface area contributed by atoms with Crippen LogP contribution in [0.25, 0.3) is 10.8 Å². The predicted octanol–water partition coefficient (Wildman–Crippen LogP) is 6.08. The summed E-state index contributed by atoms with van der Waals surface area (Å²) in [7, 11) is 1.60. The molecule has 0 radical (unpaired) electrons. The minimum Gasteiger partial charge on any atom is -0.493 e. The van der Waals surface area contributed by atoms with Crippen molar-refractivity contribution < 1.29 is 23.9 Å². The van der Waals surface area contributed by atoms with Gasteiger partial charge in [0.2, 0.25) is 5.91 Å². The minimum absolute atomic E-state index is 0.285. The highest BCUT2D eigenvalue weighted by Gasteiger charge is 2.60. The number of para-hydroxylation sites is 1. The number of unbranched alkanes of at least 4 members (excludes halogenated alkanes) is 1. The van der Waals surface area contributed by atoms with Crippen LogP contribution in [0.2, 0.25) is 0 Å². The number of anilines is 2. The molecule has 0 unspecified atom stereocenters. The fraction of sp³-hybridized carbons (Fsp3) is 0.250. The van der Waals surface area contributed by atoms with Crippen molar-refractivity contribution >= 4 is 34.0 Å². The van der Waals surface area contributed by atoms with Gasteiger partial charge < -0.3 is 9.47 Å². The lowest BCUT2D eigenvalue weighted by Crippen LogP contribution is -2.37. The third kappa shape index (κ3) is 4.29. The molecule has 2 aliphatic rings. The maximum atomic E-state index is 14.1. The summed E-state index contributed by atoms with van der Waals surface area (Å²) in [5.74, 6) is -0.179. The molecular weight excluding hydrogens is 492 g/mol. The lowest BCUT2D eigenvalue weighted by Gasteiger charge is -2.29. The molecule has 0 bridgehead atoms. The number of carbonyl (C=O) groups excluding carboxylic acids is 2. The number of methoxy groups -OCH3 is 1. The number of hydrogen-bond donors (Lipinski definition) is 0. The van der Waals surface area contributed by atoms with Gasteiger partial charge in [0.25, 0.3) is 5.91 Å². The number of amides is 2. The molecule has 3 atom stereocenters. The molecular formula is C32H30N2O5. The van der Waals surface area contributed by atoms with Gasteiger partial charge >= 0.3 is 0 Å². The van der Waals surface area contributed by atoms with Crippen LogP contribution in [0.3, 0.4) is 0 Å². The van der Waals surface area contributed by atoms with Gasteiger partial charge in [0.1, 0.15) is 5.92 Å². The van der Waals surface area contributed by atoms with Crippen LogP contribution < -0.4 is 19.4 Å². The predicted molar refractivity (Wildman–Crippen MR) is 150 cm³/mol. The van der Waals surface area contributed by atoms with Crippen molar-refractivity contribution in [2.75, 3.05) is 23.7 Å². The number of fused-ring (bicyclic) bond motifs is 2. The molecule has 2 aliphatic heterocycles. The third-order valence-corrected chi connectivity index (χ3v) is 7.42. The summed E-state index contributed by atoms with van der Waals surface area (Å²) in [5, 5.41) is 3.49. The van der Waals surface area contributed by atoms with Crippen molar-refractivity contribution in [3.63, 3.8) is 0 Å². The van der Waals surface area contributed by atoms with Gasteiger partial charge in [-0.3, -0.25) is 14.4 Å². The van der Waals surface area contributed by atoms with E-state index < -0.39 is 18.1 Å². The highest BCUT2D eigenvalue weighted by Crippen LogP contribution is 2.49. The van der Waals surface area contributed by atoms with Crippen molar-refractivity contribution in [2.24, 2.45) is 5.92 Å². The van der Waals surface area contributed by atoms with Crippen LogP contribution in [-0.2, 0) is 14.4 Å². The van der Waals surface area contributed by atoms with Crippen molar-refractivity contribution in [1.82, 2.24) is 0 Å². The van der Waals surface area contributed by atoms with Crippen LogP contribution in [0.15, 0.2) is 91.0 Å². The lowest BCUT2D eigenvalue weighted by molar-refractivity contribution is -0.126. The molecule has 0 N–H and O–H groups in total. The second-order valence-corrected chi connectivity index (χ2v) is 9.78. The van der Waals surface area contributed by atoms with Gasteiger partial charge in [0.15, 0.2) is 17.6 Å². The summed E-state index contributed by atoms with van der Waals surface area (Å²) < 4.78 is 11.6. The molecule has 7 nitrogen and oxygen atoms in total. The van der Waals surface area contributed by atoms with E-state index in [1.165, 1.54) is 4.90 Å². The molecule has 2 amide bonds. The Kier molecular flexibility index (Phi) is 6.67. The first-order valence-corrected chi connectivity index (χ1v) is 13.3. The maximum Gasteiger partial charge on any atom is 0.266 e. The zero-order valence-corrected chi connectivity index (χ0v) is 21.9. The Balaban J connectivity index is 1.42. The Labute approximate surface area is 227 Å². The van der Waals surface area contributed by atoms with E-state index in [0.717, 1.165) is 34.9 Å². The smallest absolute Gasteiger partial charge is 0.266 e. The molecule has 2 saturated heterocycles. The number of rotatable bonds is 8. The Morgan fingerprint density at radius 3 is 2.41 bits per heavy atom. The molecule has 4 aromatic rings. The zero-order chi connectivity index (χ0) is 26.9. The van der Waals surface area contributed by atoms with Crippen molar-refractivity contribution in [1.29, 1.82) is 0 Å². The molecule has 7 heteroatoms. The first-order valence-electron chi connectivity index (χ1n) is 13.3. The Hall–Kier alpha value is -4.36. The molecule has 2 heterocycles. The van der Waals surface area contributed by atoms with Crippen LogP contribution in [0.5, 0.6) is 11.5 Å². The number of hydrogen-bond acceptors (Lipinski definition) is 6. The van der Waals surface area contributed by atoms with Crippen LogP contribution in [0, 0.1) is 5.92 Å². The molecule has 198 valence electrons. The standard InChI is InChI=1S/C32H30N2O5/c1-3-4-19-38-26-18-17-22(20-27(26)37-2)29-28-30(39-34(29)23-13-6-5-7-14-23)32(36)33(31(28)35)25-16-10-12-21-11-8-9-15-24(21)25/h5-18,20,28-30H,3-4,19H2,1-2H3/t28-,29+,30-/m1/s1. The summed E-state index contributed by atoms with van der Waals surface area (Å²) in [4.78, 5) is 35.6. The number of ether oxygens (including phenoxy) is 2. The normalized spacial score (nSPS) is 20.5. The molecule has 39 heavy (non-hydrogen) atoms. The SMILES string of the molecule is CCCCOc1ccc([C@H]2[C@H]3C(=O)N(c4cccc5ccccc45)C(=O)[C@@H]3ON2c2ccccc2)cc1OC. The van der Waals surface area contributed by atoms with Crippen LogP contribution in [0.4, 0.5) is 11.4 Å². The summed E-state index contributed by atoms with van der Waals surface area (Å²) in [6, 6.07) is 28.1. The van der Waals surface area contributed by atoms with Crippen molar-refractivity contribution in [3.8, 4) is 11.5 Å². The first kappa shape index (κ1) is 24.9. The Morgan fingerprint density at radius 2 is 1.62 bits per heavy atom. The first-order chi connectivity index (χ1) is 19.1. The summed E-state index contributed by atoms with van der Waals surface area (Å²) in [6.45, 7) is 2.70. The second-order valence-electron chi connectivity index (χ2n) is 9.78. The highest BCUT2D eigenvalue weighted by atomic mass is 16.7. The maximum absolute atomic E-state index is 14.1. The molecule has 0 aromatic heterocycles. The van der Waals surface area contributed by atoms with Gasteiger partial charge in [0.05, 0.1) is 31.1 Å². The molecule has 6 rings (SSSR count). The van der Waals surface area contributed by atoms with E-state index in [-0.39, 0.29) is 11.8 Å². The van der Waals surface area contributed by atoms with Gasteiger partial charge in [0, 0.05) is 5.39 Å². The number of nitrogens with zero attached hydrogens (tertiary/aromatic N) is 2. The average molecular weight is 523 g/mol. The van der Waals surface area contributed by atoms with E-state index in [1.54, 1.807) is 12.2 Å². The summed E-state index contributed by atoms with van der Waals surface area (Å²) in [5.41, 5.74) is 2.13. The van der Waals surface area contributed by atoms with E-state index in [1.807, 2.05) is 91.0 Å². The van der Waals surface area contributed by atoms with Crippen LogP contribution >= 0.6 is 0 Å². The van der Waals surface area contributed by atoms with E-state index in [2.05, 4.69) is 6.92 Å². The summed E-state index contributed by atoms with van der Waals surface area (Å²) >= 11 is 0. The molecule has 0 saturated carbocycles. The van der Waals surface area contributed by atoms with Gasteiger partial charge in [-0.1, -0.05) is 74.0 Å². The molecule has 0 spiro atoms. The van der Waals surface area contributed by atoms with E-state index >= 15 is 0 Å². The number of hydroxylamine groups is 1. The monoisotopic (exact) mass is 522 g/mol. The third-order valence-electron chi connectivity index (χ3n) is 7.42. The Bertz CT molecular complexity index is 1520. The highest BCUT2D eigenvalue weighted by molar-refractivity contribution is 6.26. The number of benzene rings is 4. The minimum atomic E-state index is -0.951. The van der Waals surface area contributed by atoms with E-state index in [9.17, 15) is 9.59 Å². The number of carbonyl (C=O) groups is 2. The number of imide groups is 1. The fourth-order valence-corrected chi connectivity index (χ4v) is 5.51. The van der Waals surface area contributed by atoms with Crippen molar-refractivity contribution in [3.05, 3.63) is 96.6 Å². The lowest BCUT2D eigenvalue weighted by atomic mass is 9.90. The largest absolute Gasteiger partial charge is 0.493 e. The fourth-order valence-electron chi connectivity index (χ4n) is 5.51. The van der Waals surface area contributed by atoms with Gasteiger partial charge in [-0.25, -0.2) is 9.96 Å². The topological polar surface area (TPSA) is 68.3 Å². The molecule has 2 fully saturated rings. The van der Waals surface area contributed by atoms with Gasteiger partial charge in [-0.2, -0.15) is 0 Å². The Morgan fingerprint density at radius 1 is 0.846 bits per heavy atom. The molecule has 0 aliphatic carbocycles. The van der Waals surface area contributed by atoms with Crippen LogP contribution in [0.1, 0.15) is 31.4 Å². The summed E-state index contributed by atoms with van der Waals surface area (Å²) in [6.07, 6.45) is 1.01. The van der Waals surface area contributed by atoms with Crippen LogP contribution in [-0.4, -0.2) is 31.6 Å². The zero-order valence-electron chi connectivity index (χ0n) is 21.9. The van der Waals surface area contributed by atoms with Crippen molar-refractivity contribution in [2.45, 2.75) is 31.9 Å².